The van der Waals surface area contributed by atoms with Gasteiger partial charge in [0.05, 0.1) is 29.6 Å². The van der Waals surface area contributed by atoms with Gasteiger partial charge in [-0.15, -0.1) is 4.73 Å². The molecule has 0 aliphatic rings. The highest BCUT2D eigenvalue weighted by molar-refractivity contribution is 7.92. The Bertz CT molecular complexity index is 1310. The predicted molar refractivity (Wildman–Crippen MR) is 116 cm³/mol. The Labute approximate surface area is 173 Å². The number of pyridine rings is 1. The topological polar surface area (TPSA) is 135 Å². The molecule has 0 aliphatic heterocycles. The van der Waals surface area contributed by atoms with Crippen LogP contribution in [0.25, 0.3) is 22.4 Å². The lowest BCUT2D eigenvalue weighted by molar-refractivity contribution is 0.180. The Morgan fingerprint density at radius 1 is 0.733 bits per heavy atom. The van der Waals surface area contributed by atoms with Crippen molar-refractivity contribution in [3.63, 3.8) is 0 Å². The Morgan fingerprint density at radius 2 is 1.27 bits per heavy atom. The van der Waals surface area contributed by atoms with Gasteiger partial charge in [0.1, 0.15) is 0 Å². The molecule has 0 atom stereocenters. The van der Waals surface area contributed by atoms with E-state index < -0.39 is 25.6 Å². The minimum atomic E-state index is -3.66. The van der Waals surface area contributed by atoms with Crippen LogP contribution in [0.4, 0.5) is 11.4 Å². The van der Waals surface area contributed by atoms with Gasteiger partial charge in [-0.1, -0.05) is 30.3 Å². The quantitative estimate of drug-likeness (QED) is 0.494. The van der Waals surface area contributed by atoms with E-state index in [0.29, 0.717) is 10.3 Å². The average molecular weight is 450 g/mol. The SMILES string of the molecule is CS(=O)(=O)Nc1cc(NS(C)(=O)=O)cc(-c2cc(-c3ccccc3)cc(=O)n2O)c1. The van der Waals surface area contributed by atoms with Crippen molar-refractivity contribution in [3.05, 3.63) is 71.0 Å². The molecule has 0 spiro atoms. The predicted octanol–water partition coefficient (Wildman–Crippen LogP) is 2.16. The minimum absolute atomic E-state index is 0.0510. The molecule has 0 unspecified atom stereocenters. The van der Waals surface area contributed by atoms with Gasteiger partial charge in [0.25, 0.3) is 5.56 Å². The Morgan fingerprint density at radius 3 is 1.77 bits per heavy atom. The molecule has 0 bridgehead atoms. The van der Waals surface area contributed by atoms with E-state index in [1.54, 1.807) is 30.3 Å². The van der Waals surface area contributed by atoms with Crippen LogP contribution in [0.3, 0.4) is 0 Å². The van der Waals surface area contributed by atoms with Crippen LogP contribution in [0, 0.1) is 0 Å². The molecule has 0 saturated carbocycles. The zero-order valence-corrected chi connectivity index (χ0v) is 17.7. The molecular weight excluding hydrogens is 430 g/mol. The van der Waals surface area contributed by atoms with E-state index in [1.165, 1.54) is 24.3 Å². The zero-order valence-electron chi connectivity index (χ0n) is 16.0. The Balaban J connectivity index is 2.23. The fraction of sp³-hybridized carbons (Fsp3) is 0.105. The first-order chi connectivity index (χ1) is 13.9. The number of anilines is 2. The van der Waals surface area contributed by atoms with Crippen molar-refractivity contribution in [3.8, 4) is 22.4 Å². The largest absolute Gasteiger partial charge is 0.425 e. The van der Waals surface area contributed by atoms with Gasteiger partial charge in [0.15, 0.2) is 0 Å². The lowest BCUT2D eigenvalue weighted by Gasteiger charge is -2.14. The first kappa shape index (κ1) is 21.4. The summed E-state index contributed by atoms with van der Waals surface area (Å²) in [6.45, 7) is 0. The molecule has 9 nitrogen and oxygen atoms in total. The van der Waals surface area contributed by atoms with E-state index in [2.05, 4.69) is 9.44 Å². The summed E-state index contributed by atoms with van der Waals surface area (Å²) in [6, 6.07) is 15.8. The second-order valence-electron chi connectivity index (χ2n) is 6.69. The number of benzene rings is 2. The summed E-state index contributed by atoms with van der Waals surface area (Å²) in [5.41, 5.74) is 0.932. The number of hydrogen-bond donors (Lipinski definition) is 3. The second kappa shape index (κ2) is 7.84. The first-order valence-corrected chi connectivity index (χ1v) is 12.3. The molecule has 0 aliphatic carbocycles. The Hall–Kier alpha value is -3.31. The van der Waals surface area contributed by atoms with Crippen LogP contribution in [0.5, 0.6) is 0 Å². The molecule has 3 N–H and O–H groups in total. The van der Waals surface area contributed by atoms with Gasteiger partial charge >= 0.3 is 0 Å². The summed E-state index contributed by atoms with van der Waals surface area (Å²) in [6.07, 6.45) is 1.89. The van der Waals surface area contributed by atoms with Crippen LogP contribution in [0.2, 0.25) is 0 Å². The van der Waals surface area contributed by atoms with E-state index in [4.69, 9.17) is 0 Å². The van der Waals surface area contributed by atoms with Crippen LogP contribution in [-0.4, -0.2) is 39.3 Å². The van der Waals surface area contributed by atoms with Gasteiger partial charge in [0.2, 0.25) is 20.0 Å². The maximum absolute atomic E-state index is 12.3. The van der Waals surface area contributed by atoms with E-state index in [9.17, 15) is 26.8 Å². The molecular formula is C19H19N3O6S2. The number of nitrogens with one attached hydrogen (secondary N) is 2. The summed E-state index contributed by atoms with van der Waals surface area (Å²) in [7, 11) is -7.33. The van der Waals surface area contributed by atoms with Crippen LogP contribution in [0.1, 0.15) is 0 Å². The monoisotopic (exact) mass is 449 g/mol. The molecule has 0 fully saturated rings. The molecule has 30 heavy (non-hydrogen) atoms. The highest BCUT2D eigenvalue weighted by Gasteiger charge is 2.14. The first-order valence-electron chi connectivity index (χ1n) is 8.54. The molecule has 2 aromatic carbocycles. The molecule has 158 valence electrons. The summed E-state index contributed by atoms with van der Waals surface area (Å²) in [5, 5.41) is 10.3. The third-order valence-corrected chi connectivity index (χ3v) is 5.16. The zero-order chi connectivity index (χ0) is 22.1. The molecule has 11 heteroatoms. The third kappa shape index (κ3) is 5.39. The van der Waals surface area contributed by atoms with Crippen molar-refractivity contribution < 1.29 is 22.0 Å². The molecule has 0 radical (unpaired) electrons. The van der Waals surface area contributed by atoms with Gasteiger partial charge < -0.3 is 5.21 Å². The molecule has 0 amide bonds. The highest BCUT2D eigenvalue weighted by Crippen LogP contribution is 2.30. The van der Waals surface area contributed by atoms with Crippen molar-refractivity contribution in [2.24, 2.45) is 0 Å². The summed E-state index contributed by atoms with van der Waals surface area (Å²) >= 11 is 0. The second-order valence-corrected chi connectivity index (χ2v) is 10.2. The number of rotatable bonds is 6. The van der Waals surface area contributed by atoms with Crippen molar-refractivity contribution >= 4 is 31.4 Å². The Kier molecular flexibility index (Phi) is 5.59. The summed E-state index contributed by atoms with van der Waals surface area (Å²) in [5.74, 6) is 0. The van der Waals surface area contributed by atoms with E-state index in [-0.39, 0.29) is 22.6 Å². The number of nitrogens with zero attached hydrogens (tertiary/aromatic N) is 1. The summed E-state index contributed by atoms with van der Waals surface area (Å²) in [4.78, 5) is 12.3. The number of hydrogen-bond acceptors (Lipinski definition) is 6. The minimum Gasteiger partial charge on any atom is -0.425 e. The van der Waals surface area contributed by atoms with Gasteiger partial charge in [-0.05, 0) is 35.4 Å². The lowest BCUT2D eigenvalue weighted by atomic mass is 10.0. The van der Waals surface area contributed by atoms with Crippen LogP contribution >= 0.6 is 0 Å². The van der Waals surface area contributed by atoms with Gasteiger partial charge in [-0.2, -0.15) is 0 Å². The van der Waals surface area contributed by atoms with E-state index in [0.717, 1.165) is 18.1 Å². The van der Waals surface area contributed by atoms with Crippen molar-refractivity contribution in [1.82, 2.24) is 4.73 Å². The van der Waals surface area contributed by atoms with Crippen molar-refractivity contribution in [2.75, 3.05) is 22.0 Å². The molecule has 1 heterocycles. The fourth-order valence-electron chi connectivity index (χ4n) is 2.89. The molecule has 1 aromatic heterocycles. The normalized spacial score (nSPS) is 11.8. The smallest absolute Gasteiger partial charge is 0.283 e. The van der Waals surface area contributed by atoms with Gasteiger partial charge in [-0.3, -0.25) is 14.2 Å². The molecule has 3 rings (SSSR count). The summed E-state index contributed by atoms with van der Waals surface area (Å²) < 4.78 is 51.5. The fourth-order valence-corrected chi connectivity index (χ4v) is 3.98. The number of sulfonamides is 2. The van der Waals surface area contributed by atoms with E-state index in [1.807, 2.05) is 6.07 Å². The molecule has 3 aromatic rings. The third-order valence-electron chi connectivity index (χ3n) is 3.95. The van der Waals surface area contributed by atoms with E-state index >= 15 is 0 Å². The number of aromatic nitrogens is 1. The van der Waals surface area contributed by atoms with Crippen LogP contribution in [0.15, 0.2) is 65.5 Å². The van der Waals surface area contributed by atoms with Crippen molar-refractivity contribution in [2.45, 2.75) is 0 Å². The van der Waals surface area contributed by atoms with Crippen LogP contribution in [-0.2, 0) is 20.0 Å². The maximum atomic E-state index is 12.3. The van der Waals surface area contributed by atoms with Crippen molar-refractivity contribution in [1.29, 1.82) is 0 Å². The standard InChI is InChI=1S/C19H19N3O6S2/c1-29(25,26)20-16-8-15(9-17(12-16)21-30(2,27)28)18-10-14(11-19(23)22(18)24)13-6-4-3-5-7-13/h3-12,20-21,24H,1-2H3. The van der Waals surface area contributed by atoms with Crippen LogP contribution < -0.4 is 15.0 Å². The molecule has 0 saturated heterocycles. The lowest BCUT2D eigenvalue weighted by Crippen LogP contribution is -2.19. The average Bonchev–Trinajstić information content (AvgIpc) is 2.61. The maximum Gasteiger partial charge on any atom is 0.283 e. The highest BCUT2D eigenvalue weighted by atomic mass is 32.2. The van der Waals surface area contributed by atoms with Gasteiger partial charge in [0, 0.05) is 11.6 Å². The van der Waals surface area contributed by atoms with Gasteiger partial charge in [-0.25, -0.2) is 16.8 Å².